The van der Waals surface area contributed by atoms with Crippen molar-refractivity contribution in [3.8, 4) is 0 Å². The van der Waals surface area contributed by atoms with E-state index in [1.165, 1.54) is 16.0 Å². The van der Waals surface area contributed by atoms with Crippen LogP contribution in [0.2, 0.25) is 0 Å². The number of rotatable bonds is 5. The van der Waals surface area contributed by atoms with Gasteiger partial charge in [0.25, 0.3) is 5.91 Å². The fourth-order valence-electron chi connectivity index (χ4n) is 2.74. The van der Waals surface area contributed by atoms with Crippen LogP contribution < -0.4 is 5.32 Å². The number of hydrogen-bond donors (Lipinski definition) is 1. The van der Waals surface area contributed by atoms with E-state index in [0.29, 0.717) is 26.2 Å². The molecule has 0 unspecified atom stereocenters. The molecule has 1 aliphatic heterocycles. The van der Waals surface area contributed by atoms with Crippen LogP contribution in [0.4, 0.5) is 4.79 Å². The number of morpholine rings is 1. The predicted molar refractivity (Wildman–Crippen MR) is 92.9 cm³/mol. The average molecular weight is 333 g/mol. The Bertz CT molecular complexity index is 574. The van der Waals surface area contributed by atoms with E-state index in [-0.39, 0.29) is 11.9 Å². The van der Waals surface area contributed by atoms with Crippen molar-refractivity contribution >= 4 is 11.9 Å². The molecule has 132 valence electrons. The summed E-state index contributed by atoms with van der Waals surface area (Å²) in [6.45, 7) is 3.91. The first-order valence-corrected chi connectivity index (χ1v) is 8.38. The predicted octanol–water partition coefficient (Wildman–Crippen LogP) is 1.43. The second kappa shape index (κ2) is 8.68. The van der Waals surface area contributed by atoms with Crippen molar-refractivity contribution in [2.45, 2.75) is 25.9 Å². The van der Waals surface area contributed by atoms with Crippen molar-refractivity contribution < 1.29 is 14.3 Å². The van der Waals surface area contributed by atoms with Crippen molar-refractivity contribution in [3.05, 3.63) is 35.4 Å². The summed E-state index contributed by atoms with van der Waals surface area (Å²) in [5, 5.41) is 2.93. The average Bonchev–Trinajstić information content (AvgIpc) is 2.58. The number of nitrogens with zero attached hydrogens (tertiary/aromatic N) is 2. The SMILES string of the molecule is Cc1cccc(CCCNC(=O)N2CCO[C@@H](C(=O)N(C)C)C2)c1. The highest BCUT2D eigenvalue weighted by molar-refractivity contribution is 5.82. The van der Waals surface area contributed by atoms with Gasteiger partial charge in [-0.2, -0.15) is 0 Å². The number of aryl methyl sites for hydroxylation is 2. The van der Waals surface area contributed by atoms with Crippen LogP contribution in [0.1, 0.15) is 17.5 Å². The Morgan fingerprint density at radius 2 is 2.17 bits per heavy atom. The van der Waals surface area contributed by atoms with E-state index >= 15 is 0 Å². The van der Waals surface area contributed by atoms with E-state index in [1.807, 2.05) is 0 Å². The molecule has 1 heterocycles. The van der Waals surface area contributed by atoms with E-state index in [0.717, 1.165) is 12.8 Å². The summed E-state index contributed by atoms with van der Waals surface area (Å²) >= 11 is 0. The van der Waals surface area contributed by atoms with Crippen LogP contribution in [0, 0.1) is 6.92 Å². The smallest absolute Gasteiger partial charge is 0.317 e. The summed E-state index contributed by atoms with van der Waals surface area (Å²) in [5.74, 6) is -0.105. The molecule has 1 aromatic carbocycles. The Balaban J connectivity index is 1.73. The zero-order valence-corrected chi connectivity index (χ0v) is 14.7. The monoisotopic (exact) mass is 333 g/mol. The first-order valence-electron chi connectivity index (χ1n) is 8.38. The Morgan fingerprint density at radius 1 is 1.38 bits per heavy atom. The molecule has 1 atom stereocenters. The molecule has 0 saturated carbocycles. The highest BCUT2D eigenvalue weighted by Crippen LogP contribution is 2.08. The van der Waals surface area contributed by atoms with Crippen molar-refractivity contribution in [1.29, 1.82) is 0 Å². The molecule has 0 aromatic heterocycles. The van der Waals surface area contributed by atoms with Gasteiger partial charge in [0, 0.05) is 27.2 Å². The zero-order chi connectivity index (χ0) is 17.5. The van der Waals surface area contributed by atoms with Crippen LogP contribution >= 0.6 is 0 Å². The highest BCUT2D eigenvalue weighted by Gasteiger charge is 2.29. The van der Waals surface area contributed by atoms with Gasteiger partial charge in [0.2, 0.25) is 0 Å². The number of benzene rings is 1. The van der Waals surface area contributed by atoms with E-state index in [9.17, 15) is 9.59 Å². The van der Waals surface area contributed by atoms with Crippen LogP contribution in [0.3, 0.4) is 0 Å². The Labute approximate surface area is 143 Å². The normalized spacial score (nSPS) is 17.5. The van der Waals surface area contributed by atoms with Crippen molar-refractivity contribution in [2.75, 3.05) is 40.3 Å². The number of carbonyl (C=O) groups excluding carboxylic acids is 2. The minimum Gasteiger partial charge on any atom is -0.365 e. The third-order valence-electron chi connectivity index (χ3n) is 4.07. The third-order valence-corrected chi connectivity index (χ3v) is 4.07. The topological polar surface area (TPSA) is 61.9 Å². The van der Waals surface area contributed by atoms with E-state index < -0.39 is 6.10 Å². The summed E-state index contributed by atoms with van der Waals surface area (Å²) in [4.78, 5) is 27.3. The van der Waals surface area contributed by atoms with E-state index in [4.69, 9.17) is 4.74 Å². The Kier molecular flexibility index (Phi) is 6.61. The molecule has 0 spiro atoms. The van der Waals surface area contributed by atoms with Gasteiger partial charge in [-0.15, -0.1) is 0 Å². The van der Waals surface area contributed by atoms with Crippen molar-refractivity contribution in [3.63, 3.8) is 0 Å². The number of amides is 3. The lowest BCUT2D eigenvalue weighted by Gasteiger charge is -2.33. The number of likely N-dealkylation sites (N-methyl/N-ethyl adjacent to an activating group) is 1. The van der Waals surface area contributed by atoms with Crippen LogP contribution in [-0.4, -0.2) is 68.2 Å². The summed E-state index contributed by atoms with van der Waals surface area (Å²) in [6, 6.07) is 8.28. The van der Waals surface area contributed by atoms with Gasteiger partial charge >= 0.3 is 6.03 Å². The molecular formula is C18H27N3O3. The van der Waals surface area contributed by atoms with Crippen LogP contribution in [0.25, 0.3) is 0 Å². The molecule has 0 aliphatic carbocycles. The van der Waals surface area contributed by atoms with E-state index in [1.54, 1.807) is 19.0 Å². The first kappa shape index (κ1) is 18.3. The largest absolute Gasteiger partial charge is 0.365 e. The molecule has 0 bridgehead atoms. The first-order chi connectivity index (χ1) is 11.5. The zero-order valence-electron chi connectivity index (χ0n) is 14.7. The molecule has 6 heteroatoms. The fraction of sp³-hybridized carbons (Fsp3) is 0.556. The lowest BCUT2D eigenvalue weighted by Crippen LogP contribution is -2.53. The molecule has 1 fully saturated rings. The minimum absolute atomic E-state index is 0.105. The molecular weight excluding hydrogens is 306 g/mol. The highest BCUT2D eigenvalue weighted by atomic mass is 16.5. The molecule has 3 amide bonds. The molecule has 1 aromatic rings. The van der Waals surface area contributed by atoms with Gasteiger partial charge in [0.05, 0.1) is 13.2 Å². The fourth-order valence-corrected chi connectivity index (χ4v) is 2.74. The third kappa shape index (κ3) is 5.23. The maximum absolute atomic E-state index is 12.2. The van der Waals surface area contributed by atoms with Crippen molar-refractivity contribution in [2.24, 2.45) is 0 Å². The lowest BCUT2D eigenvalue weighted by molar-refractivity contribution is -0.145. The number of urea groups is 1. The van der Waals surface area contributed by atoms with Gasteiger partial charge in [-0.1, -0.05) is 29.8 Å². The maximum atomic E-state index is 12.2. The number of ether oxygens (including phenoxy) is 1. The number of nitrogens with one attached hydrogen (secondary N) is 1. The molecule has 0 radical (unpaired) electrons. The van der Waals surface area contributed by atoms with Gasteiger partial charge in [0.15, 0.2) is 6.10 Å². The second-order valence-electron chi connectivity index (χ2n) is 6.36. The molecule has 2 rings (SSSR count). The Morgan fingerprint density at radius 3 is 2.88 bits per heavy atom. The molecule has 1 aliphatic rings. The maximum Gasteiger partial charge on any atom is 0.317 e. The van der Waals surface area contributed by atoms with Gasteiger partial charge in [-0.05, 0) is 25.3 Å². The van der Waals surface area contributed by atoms with Crippen molar-refractivity contribution in [1.82, 2.24) is 15.1 Å². The van der Waals surface area contributed by atoms with E-state index in [2.05, 4.69) is 36.5 Å². The summed E-state index contributed by atoms with van der Waals surface area (Å²) in [7, 11) is 3.38. The Hall–Kier alpha value is -2.08. The summed E-state index contributed by atoms with van der Waals surface area (Å²) in [6.07, 6.45) is 1.26. The quantitative estimate of drug-likeness (QED) is 0.829. The lowest BCUT2D eigenvalue weighted by atomic mass is 10.1. The number of carbonyl (C=O) groups is 2. The molecule has 6 nitrogen and oxygen atoms in total. The van der Waals surface area contributed by atoms with Gasteiger partial charge < -0.3 is 19.9 Å². The standard InChI is InChI=1S/C18H27N3O3/c1-14-6-4-7-15(12-14)8-5-9-19-18(23)21-10-11-24-16(13-21)17(22)20(2)3/h4,6-7,12,16H,5,8-11,13H2,1-3H3,(H,19,23)/t16-/m1/s1. The second-order valence-corrected chi connectivity index (χ2v) is 6.36. The van der Waals surface area contributed by atoms with Gasteiger partial charge in [0.1, 0.15) is 0 Å². The van der Waals surface area contributed by atoms with Crippen LogP contribution in [-0.2, 0) is 16.0 Å². The van der Waals surface area contributed by atoms with Gasteiger partial charge in [-0.25, -0.2) is 4.79 Å². The van der Waals surface area contributed by atoms with Crippen LogP contribution in [0.5, 0.6) is 0 Å². The number of hydrogen-bond acceptors (Lipinski definition) is 3. The van der Waals surface area contributed by atoms with Gasteiger partial charge in [-0.3, -0.25) is 4.79 Å². The molecule has 1 N–H and O–H groups in total. The molecule has 1 saturated heterocycles. The summed E-state index contributed by atoms with van der Waals surface area (Å²) < 4.78 is 5.46. The minimum atomic E-state index is -0.563. The molecule has 24 heavy (non-hydrogen) atoms. The van der Waals surface area contributed by atoms with Crippen LogP contribution in [0.15, 0.2) is 24.3 Å². The summed E-state index contributed by atoms with van der Waals surface area (Å²) in [5.41, 5.74) is 2.54.